The Morgan fingerprint density at radius 3 is 2.68 bits per heavy atom. The van der Waals surface area contributed by atoms with Crippen LogP contribution in [0.15, 0.2) is 22.7 Å². The third kappa shape index (κ3) is 4.24. The van der Waals surface area contributed by atoms with Crippen LogP contribution in [-0.2, 0) is 4.79 Å². The largest absolute Gasteiger partial charge is 0.497 e. The summed E-state index contributed by atoms with van der Waals surface area (Å²) >= 11 is 3.34. The molecule has 2 amide bonds. The number of carbonyl (C=O) groups excluding carboxylic acids is 2. The molecule has 104 valence electrons. The molecular formula is C13H17BrN2O3. The van der Waals surface area contributed by atoms with Crippen LogP contribution >= 0.6 is 15.9 Å². The van der Waals surface area contributed by atoms with Gasteiger partial charge in [-0.2, -0.15) is 0 Å². The highest BCUT2D eigenvalue weighted by Gasteiger charge is 2.16. The van der Waals surface area contributed by atoms with E-state index in [0.717, 1.165) is 0 Å². The molecule has 0 unspecified atom stereocenters. The van der Waals surface area contributed by atoms with Crippen LogP contribution in [0.4, 0.5) is 0 Å². The van der Waals surface area contributed by atoms with E-state index in [9.17, 15) is 9.59 Å². The Labute approximate surface area is 121 Å². The normalized spacial score (nSPS) is 9.89. The van der Waals surface area contributed by atoms with Crippen molar-refractivity contribution in [3.63, 3.8) is 0 Å². The minimum atomic E-state index is -0.158. The Morgan fingerprint density at radius 1 is 1.42 bits per heavy atom. The van der Waals surface area contributed by atoms with Crippen molar-refractivity contribution in [3.8, 4) is 5.75 Å². The molecule has 1 rings (SSSR count). The number of nitrogens with zero attached hydrogens (tertiary/aromatic N) is 1. The number of hydrogen-bond acceptors (Lipinski definition) is 3. The first-order valence-corrected chi connectivity index (χ1v) is 6.58. The molecule has 1 aromatic rings. The Kier molecular flexibility index (Phi) is 5.82. The van der Waals surface area contributed by atoms with E-state index >= 15 is 0 Å². The standard InChI is InChI=1S/C13H17BrN2O3/c1-15-12(17)6-7-16(2)13(18)10-8-9(19-3)4-5-11(10)14/h4-5,8H,6-7H2,1-3H3,(H,15,17). The minimum absolute atomic E-state index is 0.0932. The van der Waals surface area contributed by atoms with Crippen molar-refractivity contribution in [2.24, 2.45) is 0 Å². The summed E-state index contributed by atoms with van der Waals surface area (Å²) in [6.45, 7) is 0.363. The number of carbonyl (C=O) groups is 2. The molecule has 0 aliphatic heterocycles. The monoisotopic (exact) mass is 328 g/mol. The second-order valence-corrected chi connectivity index (χ2v) is 4.85. The van der Waals surface area contributed by atoms with Crippen LogP contribution in [0.2, 0.25) is 0 Å². The van der Waals surface area contributed by atoms with Crippen LogP contribution in [0.25, 0.3) is 0 Å². The van der Waals surface area contributed by atoms with Gasteiger partial charge in [-0.25, -0.2) is 0 Å². The van der Waals surface area contributed by atoms with Crippen LogP contribution in [0.5, 0.6) is 5.75 Å². The van der Waals surface area contributed by atoms with Gasteiger partial charge in [-0.1, -0.05) is 0 Å². The van der Waals surface area contributed by atoms with Crippen LogP contribution < -0.4 is 10.1 Å². The van der Waals surface area contributed by atoms with Crippen LogP contribution in [-0.4, -0.2) is 44.5 Å². The van der Waals surface area contributed by atoms with Crippen LogP contribution in [0, 0.1) is 0 Å². The summed E-state index contributed by atoms with van der Waals surface area (Å²) in [5.74, 6) is 0.366. The van der Waals surface area contributed by atoms with Crippen molar-refractivity contribution in [1.29, 1.82) is 0 Å². The van der Waals surface area contributed by atoms with Crippen molar-refractivity contribution < 1.29 is 14.3 Å². The van der Waals surface area contributed by atoms with Gasteiger partial charge in [0.1, 0.15) is 5.75 Å². The van der Waals surface area contributed by atoms with Gasteiger partial charge in [-0.15, -0.1) is 0 Å². The summed E-state index contributed by atoms with van der Waals surface area (Å²) in [7, 11) is 4.78. The number of rotatable bonds is 5. The topological polar surface area (TPSA) is 58.6 Å². The molecule has 0 atom stereocenters. The van der Waals surface area contributed by atoms with E-state index in [1.807, 2.05) is 0 Å². The summed E-state index contributed by atoms with van der Waals surface area (Å²) in [6.07, 6.45) is 0.278. The molecule has 6 heteroatoms. The van der Waals surface area contributed by atoms with E-state index in [4.69, 9.17) is 4.74 Å². The van der Waals surface area contributed by atoms with E-state index in [0.29, 0.717) is 22.3 Å². The van der Waals surface area contributed by atoms with E-state index in [2.05, 4.69) is 21.2 Å². The number of hydrogen-bond donors (Lipinski definition) is 1. The van der Waals surface area contributed by atoms with Gasteiger partial charge in [-0.05, 0) is 34.1 Å². The molecule has 0 bridgehead atoms. The van der Waals surface area contributed by atoms with Gasteiger partial charge in [0.2, 0.25) is 5.91 Å². The molecule has 0 aliphatic carbocycles. The molecule has 0 saturated carbocycles. The quantitative estimate of drug-likeness (QED) is 0.894. The first-order valence-electron chi connectivity index (χ1n) is 5.79. The fourth-order valence-corrected chi connectivity index (χ4v) is 1.91. The molecule has 0 saturated heterocycles. The second-order valence-electron chi connectivity index (χ2n) is 4.00. The average molecular weight is 329 g/mol. The van der Waals surface area contributed by atoms with Crippen molar-refractivity contribution >= 4 is 27.7 Å². The predicted molar refractivity (Wildman–Crippen MR) is 76.3 cm³/mol. The SMILES string of the molecule is CNC(=O)CCN(C)C(=O)c1cc(OC)ccc1Br. The summed E-state index contributed by atoms with van der Waals surface area (Å²) in [4.78, 5) is 24.9. The minimum Gasteiger partial charge on any atom is -0.497 e. The number of ether oxygens (including phenoxy) is 1. The fraction of sp³-hybridized carbons (Fsp3) is 0.385. The molecule has 0 heterocycles. The summed E-state index contributed by atoms with van der Waals surface area (Å²) in [5, 5.41) is 2.52. The lowest BCUT2D eigenvalue weighted by atomic mass is 10.2. The number of benzene rings is 1. The zero-order valence-electron chi connectivity index (χ0n) is 11.2. The molecule has 19 heavy (non-hydrogen) atoms. The molecule has 1 aromatic carbocycles. The first kappa shape index (κ1) is 15.5. The maximum atomic E-state index is 12.2. The zero-order valence-corrected chi connectivity index (χ0v) is 12.8. The van der Waals surface area contributed by atoms with Gasteiger partial charge in [0.25, 0.3) is 5.91 Å². The van der Waals surface area contributed by atoms with Crippen LogP contribution in [0.1, 0.15) is 16.8 Å². The number of methoxy groups -OCH3 is 1. The molecular weight excluding hydrogens is 312 g/mol. The summed E-state index contributed by atoms with van der Waals surface area (Å²) in [5.41, 5.74) is 0.513. The lowest BCUT2D eigenvalue weighted by Gasteiger charge is -2.18. The molecule has 5 nitrogen and oxygen atoms in total. The Bertz CT molecular complexity index is 477. The van der Waals surface area contributed by atoms with Gasteiger partial charge in [0.05, 0.1) is 12.7 Å². The van der Waals surface area contributed by atoms with Crippen molar-refractivity contribution in [3.05, 3.63) is 28.2 Å². The van der Waals surface area contributed by atoms with Crippen molar-refractivity contribution in [2.75, 3.05) is 27.7 Å². The van der Waals surface area contributed by atoms with Gasteiger partial charge >= 0.3 is 0 Å². The summed E-state index contributed by atoms with van der Waals surface area (Å²) < 4.78 is 5.80. The Balaban J connectivity index is 2.78. The maximum Gasteiger partial charge on any atom is 0.254 e. The molecule has 0 fully saturated rings. The highest BCUT2D eigenvalue weighted by molar-refractivity contribution is 9.10. The number of amides is 2. The average Bonchev–Trinajstić information content (AvgIpc) is 2.44. The lowest BCUT2D eigenvalue weighted by molar-refractivity contribution is -0.120. The Morgan fingerprint density at radius 2 is 2.11 bits per heavy atom. The molecule has 0 aliphatic rings. The van der Waals surface area contributed by atoms with Crippen molar-refractivity contribution in [1.82, 2.24) is 10.2 Å². The van der Waals surface area contributed by atoms with E-state index in [-0.39, 0.29) is 18.2 Å². The predicted octanol–water partition coefficient (Wildman–Crippen LogP) is 1.67. The molecule has 0 spiro atoms. The number of nitrogens with one attached hydrogen (secondary N) is 1. The van der Waals surface area contributed by atoms with E-state index < -0.39 is 0 Å². The highest BCUT2D eigenvalue weighted by Crippen LogP contribution is 2.23. The van der Waals surface area contributed by atoms with Crippen molar-refractivity contribution in [2.45, 2.75) is 6.42 Å². The highest BCUT2D eigenvalue weighted by atomic mass is 79.9. The van der Waals surface area contributed by atoms with Gasteiger partial charge < -0.3 is 15.0 Å². The first-order chi connectivity index (χ1) is 8.99. The third-order valence-electron chi connectivity index (χ3n) is 2.70. The van der Waals surface area contributed by atoms with Gasteiger partial charge in [0.15, 0.2) is 0 Å². The van der Waals surface area contributed by atoms with Crippen LogP contribution in [0.3, 0.4) is 0 Å². The second kappa shape index (κ2) is 7.13. The summed E-state index contributed by atoms with van der Waals surface area (Å²) in [6, 6.07) is 5.20. The lowest BCUT2D eigenvalue weighted by Crippen LogP contribution is -2.31. The maximum absolute atomic E-state index is 12.2. The Hall–Kier alpha value is -1.56. The fourth-order valence-electron chi connectivity index (χ4n) is 1.50. The molecule has 0 radical (unpaired) electrons. The van der Waals surface area contributed by atoms with Gasteiger partial charge in [0, 0.05) is 31.5 Å². The molecule has 0 aromatic heterocycles. The molecule has 1 N–H and O–H groups in total. The van der Waals surface area contributed by atoms with Gasteiger partial charge in [-0.3, -0.25) is 9.59 Å². The van der Waals surface area contributed by atoms with E-state index in [1.54, 1.807) is 39.4 Å². The van der Waals surface area contributed by atoms with E-state index in [1.165, 1.54) is 4.90 Å². The zero-order chi connectivity index (χ0) is 14.4. The number of halogens is 1. The smallest absolute Gasteiger partial charge is 0.254 e. The third-order valence-corrected chi connectivity index (χ3v) is 3.40.